The van der Waals surface area contributed by atoms with Crippen LogP contribution in [-0.2, 0) is 17.8 Å². The first-order valence-corrected chi connectivity index (χ1v) is 10.5. The van der Waals surface area contributed by atoms with Crippen molar-refractivity contribution >= 4 is 17.5 Å². The molecule has 0 spiro atoms. The van der Waals surface area contributed by atoms with E-state index in [0.29, 0.717) is 29.8 Å². The van der Waals surface area contributed by atoms with Crippen LogP contribution in [0.1, 0.15) is 23.4 Å². The fourth-order valence-corrected chi connectivity index (χ4v) is 3.38. The topological polar surface area (TPSA) is 68.0 Å². The van der Waals surface area contributed by atoms with Crippen LogP contribution < -0.4 is 5.32 Å². The molecular weight excluding hydrogens is 410 g/mol. The minimum absolute atomic E-state index is 0.0685. The maximum Gasteiger partial charge on any atom is 0.247 e. The van der Waals surface area contributed by atoms with Crippen LogP contribution >= 0.6 is 11.6 Å². The molecule has 156 valence electrons. The molecule has 0 unspecified atom stereocenters. The van der Waals surface area contributed by atoms with Crippen molar-refractivity contribution in [1.29, 1.82) is 0 Å². The van der Waals surface area contributed by atoms with Crippen molar-refractivity contribution in [2.75, 3.05) is 0 Å². The number of aromatic nitrogens is 2. The van der Waals surface area contributed by atoms with Crippen molar-refractivity contribution < 1.29 is 9.21 Å². The Labute approximate surface area is 186 Å². The highest BCUT2D eigenvalue weighted by Gasteiger charge is 2.11. The standard InChI is InChI=1S/C25H22ClN3O2/c1-17-6-8-19(9-7-17)25-29-28-24(31-25)15-14-23(30)27-16-20-4-2-3-5-22(20)18-10-12-21(26)13-11-18/h2-13H,14-16H2,1H3,(H,27,30). The third kappa shape index (κ3) is 5.38. The Balaban J connectivity index is 1.33. The van der Waals surface area contributed by atoms with Gasteiger partial charge in [-0.05, 0) is 47.9 Å². The molecule has 1 heterocycles. The van der Waals surface area contributed by atoms with Crippen LogP contribution in [0.15, 0.2) is 77.2 Å². The molecule has 0 radical (unpaired) electrons. The highest BCUT2D eigenvalue weighted by molar-refractivity contribution is 6.30. The molecule has 1 N–H and O–H groups in total. The van der Waals surface area contributed by atoms with Crippen LogP contribution in [0.25, 0.3) is 22.6 Å². The molecule has 0 fully saturated rings. The van der Waals surface area contributed by atoms with Gasteiger partial charge in [-0.1, -0.05) is 65.7 Å². The van der Waals surface area contributed by atoms with Crippen molar-refractivity contribution in [1.82, 2.24) is 15.5 Å². The lowest BCUT2D eigenvalue weighted by atomic mass is 10.00. The monoisotopic (exact) mass is 431 g/mol. The summed E-state index contributed by atoms with van der Waals surface area (Å²) in [5.41, 5.74) is 5.20. The number of hydrogen-bond acceptors (Lipinski definition) is 4. The quantitative estimate of drug-likeness (QED) is 0.412. The van der Waals surface area contributed by atoms with Gasteiger partial charge in [-0.2, -0.15) is 0 Å². The van der Waals surface area contributed by atoms with Gasteiger partial charge >= 0.3 is 0 Å². The van der Waals surface area contributed by atoms with Crippen molar-refractivity contribution in [2.45, 2.75) is 26.3 Å². The highest BCUT2D eigenvalue weighted by atomic mass is 35.5. The summed E-state index contributed by atoms with van der Waals surface area (Å²) >= 11 is 6.00. The molecule has 0 bridgehead atoms. The number of amides is 1. The van der Waals surface area contributed by atoms with E-state index in [-0.39, 0.29) is 12.3 Å². The average molecular weight is 432 g/mol. The molecule has 1 amide bonds. The fourth-order valence-electron chi connectivity index (χ4n) is 3.26. The van der Waals surface area contributed by atoms with Gasteiger partial charge in [0.05, 0.1) is 0 Å². The van der Waals surface area contributed by atoms with Gasteiger partial charge in [-0.25, -0.2) is 0 Å². The molecule has 0 saturated heterocycles. The summed E-state index contributed by atoms with van der Waals surface area (Å²) in [6.45, 7) is 2.46. The molecule has 1 aromatic heterocycles. The third-order valence-corrected chi connectivity index (χ3v) is 5.23. The van der Waals surface area contributed by atoms with E-state index in [1.54, 1.807) is 0 Å². The van der Waals surface area contributed by atoms with Crippen LogP contribution in [0.4, 0.5) is 0 Å². The molecule has 5 nitrogen and oxygen atoms in total. The van der Waals surface area contributed by atoms with E-state index in [2.05, 4.69) is 15.5 Å². The summed E-state index contributed by atoms with van der Waals surface area (Å²) in [6, 6.07) is 23.5. The summed E-state index contributed by atoms with van der Waals surface area (Å²) in [7, 11) is 0. The molecule has 0 atom stereocenters. The van der Waals surface area contributed by atoms with E-state index in [4.69, 9.17) is 16.0 Å². The summed E-state index contributed by atoms with van der Waals surface area (Å²) in [5, 5.41) is 11.8. The largest absolute Gasteiger partial charge is 0.421 e. The number of nitrogens with one attached hydrogen (secondary N) is 1. The lowest BCUT2D eigenvalue weighted by Crippen LogP contribution is -2.23. The number of rotatable bonds is 7. The van der Waals surface area contributed by atoms with Crippen LogP contribution in [0.5, 0.6) is 0 Å². The van der Waals surface area contributed by atoms with Gasteiger partial charge in [0.2, 0.25) is 17.7 Å². The van der Waals surface area contributed by atoms with Crippen molar-refractivity contribution in [2.24, 2.45) is 0 Å². The second-order valence-electron chi connectivity index (χ2n) is 7.31. The Kier molecular flexibility index (Phi) is 6.43. The fraction of sp³-hybridized carbons (Fsp3) is 0.160. The zero-order chi connectivity index (χ0) is 21.6. The zero-order valence-electron chi connectivity index (χ0n) is 17.1. The number of halogens is 1. The first-order chi connectivity index (χ1) is 15.1. The van der Waals surface area contributed by atoms with E-state index >= 15 is 0 Å². The molecule has 0 aliphatic heterocycles. The van der Waals surface area contributed by atoms with Gasteiger partial charge in [-0.3, -0.25) is 4.79 Å². The summed E-state index contributed by atoms with van der Waals surface area (Å²) in [6.07, 6.45) is 0.669. The maximum absolute atomic E-state index is 12.4. The summed E-state index contributed by atoms with van der Waals surface area (Å²) < 4.78 is 5.70. The summed E-state index contributed by atoms with van der Waals surface area (Å²) in [5.74, 6) is 0.848. The molecular formula is C25H22ClN3O2. The minimum atomic E-state index is -0.0685. The van der Waals surface area contributed by atoms with Crippen LogP contribution in [-0.4, -0.2) is 16.1 Å². The number of aryl methyl sites for hydroxylation is 2. The Morgan fingerprint density at radius 3 is 2.42 bits per heavy atom. The van der Waals surface area contributed by atoms with E-state index in [0.717, 1.165) is 27.8 Å². The van der Waals surface area contributed by atoms with Gasteiger partial charge in [0.15, 0.2) is 0 Å². The van der Waals surface area contributed by atoms with Gasteiger partial charge in [0.25, 0.3) is 0 Å². The lowest BCUT2D eigenvalue weighted by Gasteiger charge is -2.11. The highest BCUT2D eigenvalue weighted by Crippen LogP contribution is 2.25. The second kappa shape index (κ2) is 9.58. The molecule has 4 rings (SSSR count). The molecule has 31 heavy (non-hydrogen) atoms. The van der Waals surface area contributed by atoms with Crippen molar-refractivity contribution in [3.8, 4) is 22.6 Å². The number of carbonyl (C=O) groups excluding carboxylic acids is 1. The molecule has 0 aliphatic carbocycles. The lowest BCUT2D eigenvalue weighted by molar-refractivity contribution is -0.121. The first-order valence-electron chi connectivity index (χ1n) is 10.1. The van der Waals surface area contributed by atoms with E-state index < -0.39 is 0 Å². The molecule has 3 aromatic carbocycles. The second-order valence-corrected chi connectivity index (χ2v) is 7.74. The van der Waals surface area contributed by atoms with Gasteiger partial charge in [0.1, 0.15) is 0 Å². The SMILES string of the molecule is Cc1ccc(-c2nnc(CCC(=O)NCc3ccccc3-c3ccc(Cl)cc3)o2)cc1. The van der Waals surface area contributed by atoms with Gasteiger partial charge in [-0.15, -0.1) is 10.2 Å². The predicted molar refractivity (Wildman–Crippen MR) is 122 cm³/mol. The number of hydrogen-bond donors (Lipinski definition) is 1. The Bertz CT molecular complexity index is 1170. The van der Waals surface area contributed by atoms with Crippen LogP contribution in [0.2, 0.25) is 5.02 Å². The Morgan fingerprint density at radius 2 is 1.65 bits per heavy atom. The van der Waals surface area contributed by atoms with Gasteiger partial charge < -0.3 is 9.73 Å². The predicted octanol–water partition coefficient (Wildman–Crippen LogP) is 5.61. The summed E-state index contributed by atoms with van der Waals surface area (Å²) in [4.78, 5) is 12.4. The molecule has 6 heteroatoms. The van der Waals surface area contributed by atoms with Crippen LogP contribution in [0, 0.1) is 6.92 Å². The average Bonchev–Trinajstić information content (AvgIpc) is 3.27. The number of nitrogens with zero attached hydrogens (tertiary/aromatic N) is 2. The zero-order valence-corrected chi connectivity index (χ0v) is 17.9. The third-order valence-electron chi connectivity index (χ3n) is 4.98. The van der Waals surface area contributed by atoms with Crippen molar-refractivity contribution in [3.05, 3.63) is 94.8 Å². The van der Waals surface area contributed by atoms with Crippen molar-refractivity contribution in [3.63, 3.8) is 0 Å². The van der Waals surface area contributed by atoms with Gasteiger partial charge in [0, 0.05) is 30.0 Å². The first kappa shape index (κ1) is 20.8. The number of carbonyl (C=O) groups is 1. The van der Waals surface area contributed by atoms with E-state index in [1.165, 1.54) is 0 Å². The minimum Gasteiger partial charge on any atom is -0.421 e. The molecule has 0 saturated carbocycles. The Morgan fingerprint density at radius 1 is 0.935 bits per heavy atom. The molecule has 4 aromatic rings. The normalized spacial score (nSPS) is 10.8. The van der Waals surface area contributed by atoms with E-state index in [9.17, 15) is 4.79 Å². The number of benzene rings is 3. The molecule has 0 aliphatic rings. The van der Waals surface area contributed by atoms with Crippen LogP contribution in [0.3, 0.4) is 0 Å². The smallest absolute Gasteiger partial charge is 0.247 e. The Hall–Kier alpha value is -3.44. The van der Waals surface area contributed by atoms with E-state index in [1.807, 2.05) is 79.7 Å². The maximum atomic E-state index is 12.4.